The highest BCUT2D eigenvalue weighted by Crippen LogP contribution is 2.31. The van der Waals surface area contributed by atoms with E-state index in [1.165, 1.54) is 0 Å². The molecule has 0 fully saturated rings. The second-order valence-corrected chi connectivity index (χ2v) is 3.70. The van der Waals surface area contributed by atoms with Crippen molar-refractivity contribution < 1.29 is 0 Å². The van der Waals surface area contributed by atoms with Crippen LogP contribution in [0, 0.1) is 0 Å². The van der Waals surface area contributed by atoms with E-state index in [1.54, 1.807) is 0 Å². The van der Waals surface area contributed by atoms with Crippen LogP contribution in [0.15, 0.2) is 18.2 Å². The van der Waals surface area contributed by atoms with Crippen LogP contribution in [0.5, 0.6) is 0 Å². The lowest BCUT2D eigenvalue weighted by atomic mass is 10.0. The maximum atomic E-state index is 6.06. The van der Waals surface area contributed by atoms with Gasteiger partial charge in [-0.1, -0.05) is 36.2 Å². The summed E-state index contributed by atoms with van der Waals surface area (Å²) in [7, 11) is 1.91. The van der Waals surface area contributed by atoms with Gasteiger partial charge in [0.05, 0.1) is 0 Å². The molecule has 0 amide bonds. The summed E-state index contributed by atoms with van der Waals surface area (Å²) < 4.78 is 0. The fourth-order valence-electron chi connectivity index (χ4n) is 1.40. The summed E-state index contributed by atoms with van der Waals surface area (Å²) in [5, 5.41) is 4.64. The summed E-state index contributed by atoms with van der Waals surface area (Å²) in [4.78, 5) is 0. The molecule has 1 nitrogen and oxygen atoms in total. The molecule has 1 aromatic rings. The first-order valence-electron chi connectivity index (χ1n) is 4.31. The molecule has 1 aromatic carbocycles. The number of halogens is 2. The van der Waals surface area contributed by atoms with Crippen LogP contribution >= 0.6 is 23.2 Å². The van der Waals surface area contributed by atoms with Crippen LogP contribution in [0.25, 0.3) is 0 Å². The maximum absolute atomic E-state index is 6.06. The molecular weight excluding hydrogens is 205 g/mol. The highest BCUT2D eigenvalue weighted by molar-refractivity contribution is 6.36. The summed E-state index contributed by atoms with van der Waals surface area (Å²) in [6.07, 6.45) is 0.972. The third kappa shape index (κ3) is 2.37. The molecule has 0 saturated carbocycles. The van der Waals surface area contributed by atoms with Crippen LogP contribution in [-0.2, 0) is 0 Å². The zero-order valence-corrected chi connectivity index (χ0v) is 9.28. The Labute approximate surface area is 89.0 Å². The maximum Gasteiger partial charge on any atom is 0.0468 e. The predicted molar refractivity (Wildman–Crippen MR) is 58.6 cm³/mol. The molecule has 0 bridgehead atoms. The molecule has 0 aliphatic heterocycles. The number of benzene rings is 1. The molecule has 1 unspecified atom stereocenters. The summed E-state index contributed by atoms with van der Waals surface area (Å²) >= 11 is 12.1. The lowest BCUT2D eigenvalue weighted by Crippen LogP contribution is -2.16. The van der Waals surface area contributed by atoms with Crippen molar-refractivity contribution in [1.29, 1.82) is 0 Å². The van der Waals surface area contributed by atoms with E-state index in [-0.39, 0.29) is 6.04 Å². The van der Waals surface area contributed by atoms with E-state index in [4.69, 9.17) is 23.2 Å². The quantitative estimate of drug-likeness (QED) is 0.816. The van der Waals surface area contributed by atoms with E-state index in [0.717, 1.165) is 22.0 Å². The fourth-order valence-corrected chi connectivity index (χ4v) is 2.06. The number of hydrogen-bond acceptors (Lipinski definition) is 1. The smallest absolute Gasteiger partial charge is 0.0468 e. The molecule has 0 aliphatic carbocycles. The Morgan fingerprint density at radius 2 is 1.85 bits per heavy atom. The van der Waals surface area contributed by atoms with Gasteiger partial charge in [-0.2, -0.15) is 0 Å². The van der Waals surface area contributed by atoms with E-state index in [0.29, 0.717) is 0 Å². The monoisotopic (exact) mass is 217 g/mol. The summed E-state index contributed by atoms with van der Waals surface area (Å²) in [5.74, 6) is 0. The Kier molecular flexibility index (Phi) is 4.04. The second-order valence-electron chi connectivity index (χ2n) is 2.88. The van der Waals surface area contributed by atoms with Crippen molar-refractivity contribution in [2.24, 2.45) is 0 Å². The van der Waals surface area contributed by atoms with Gasteiger partial charge in [0.2, 0.25) is 0 Å². The molecule has 72 valence electrons. The predicted octanol–water partition coefficient (Wildman–Crippen LogP) is 3.66. The van der Waals surface area contributed by atoms with Gasteiger partial charge in [0.25, 0.3) is 0 Å². The molecule has 3 heteroatoms. The van der Waals surface area contributed by atoms with E-state index in [9.17, 15) is 0 Å². The van der Waals surface area contributed by atoms with Gasteiger partial charge in [-0.15, -0.1) is 0 Å². The Balaban J connectivity index is 3.10. The van der Waals surface area contributed by atoms with Gasteiger partial charge in [-0.3, -0.25) is 0 Å². The Morgan fingerprint density at radius 3 is 2.23 bits per heavy atom. The normalized spacial score (nSPS) is 12.9. The fraction of sp³-hybridized carbons (Fsp3) is 0.400. The molecule has 0 heterocycles. The molecule has 1 atom stereocenters. The van der Waals surface area contributed by atoms with Crippen LogP contribution in [0.1, 0.15) is 24.9 Å². The lowest BCUT2D eigenvalue weighted by Gasteiger charge is -2.17. The number of rotatable bonds is 3. The van der Waals surface area contributed by atoms with Crippen LogP contribution in [0.3, 0.4) is 0 Å². The lowest BCUT2D eigenvalue weighted by molar-refractivity contribution is 0.577. The van der Waals surface area contributed by atoms with Crippen molar-refractivity contribution in [3.8, 4) is 0 Å². The van der Waals surface area contributed by atoms with Crippen molar-refractivity contribution in [2.75, 3.05) is 7.05 Å². The summed E-state index contributed by atoms with van der Waals surface area (Å²) in [6.45, 7) is 2.10. The summed E-state index contributed by atoms with van der Waals surface area (Å²) in [6, 6.07) is 5.82. The van der Waals surface area contributed by atoms with Crippen LogP contribution in [0.2, 0.25) is 10.0 Å². The standard InChI is InChI=1S/C10H13Cl2N/c1-3-9(13-2)10-7(11)5-4-6-8(10)12/h4-6,9,13H,3H2,1-2H3. The van der Waals surface area contributed by atoms with Gasteiger partial charge in [0.15, 0.2) is 0 Å². The zero-order valence-electron chi connectivity index (χ0n) is 7.77. The molecule has 13 heavy (non-hydrogen) atoms. The number of hydrogen-bond donors (Lipinski definition) is 1. The minimum absolute atomic E-state index is 0.237. The molecule has 0 radical (unpaired) electrons. The van der Waals surface area contributed by atoms with Crippen molar-refractivity contribution in [3.63, 3.8) is 0 Å². The molecule has 1 rings (SSSR count). The van der Waals surface area contributed by atoms with E-state index in [2.05, 4.69) is 12.2 Å². The molecule has 0 aromatic heterocycles. The third-order valence-corrected chi connectivity index (χ3v) is 2.76. The first-order valence-corrected chi connectivity index (χ1v) is 5.07. The van der Waals surface area contributed by atoms with Gasteiger partial charge < -0.3 is 5.32 Å². The first kappa shape index (κ1) is 10.8. The van der Waals surface area contributed by atoms with Gasteiger partial charge in [0.1, 0.15) is 0 Å². The average molecular weight is 218 g/mol. The summed E-state index contributed by atoms with van der Waals surface area (Å²) in [5.41, 5.74) is 0.996. The van der Waals surface area contributed by atoms with Gasteiger partial charge in [0, 0.05) is 21.7 Å². The third-order valence-electron chi connectivity index (χ3n) is 2.10. The van der Waals surface area contributed by atoms with Crippen LogP contribution in [-0.4, -0.2) is 7.05 Å². The van der Waals surface area contributed by atoms with Crippen molar-refractivity contribution in [2.45, 2.75) is 19.4 Å². The zero-order chi connectivity index (χ0) is 9.84. The minimum Gasteiger partial charge on any atom is -0.313 e. The van der Waals surface area contributed by atoms with Crippen LogP contribution in [0.4, 0.5) is 0 Å². The van der Waals surface area contributed by atoms with E-state index in [1.807, 2.05) is 25.2 Å². The minimum atomic E-state index is 0.237. The van der Waals surface area contributed by atoms with Crippen molar-refractivity contribution >= 4 is 23.2 Å². The first-order chi connectivity index (χ1) is 6.20. The molecule has 1 N–H and O–H groups in total. The molecule has 0 spiro atoms. The second kappa shape index (κ2) is 4.85. The SMILES string of the molecule is CCC(NC)c1c(Cl)cccc1Cl. The van der Waals surface area contributed by atoms with Gasteiger partial charge >= 0.3 is 0 Å². The highest BCUT2D eigenvalue weighted by Gasteiger charge is 2.13. The Hall–Kier alpha value is -0.240. The Bertz CT molecular complexity index is 262. The number of nitrogens with one attached hydrogen (secondary N) is 1. The Morgan fingerprint density at radius 1 is 1.31 bits per heavy atom. The average Bonchev–Trinajstić information content (AvgIpc) is 2.11. The highest BCUT2D eigenvalue weighted by atomic mass is 35.5. The van der Waals surface area contributed by atoms with Gasteiger partial charge in [-0.25, -0.2) is 0 Å². The van der Waals surface area contributed by atoms with Crippen LogP contribution < -0.4 is 5.32 Å². The van der Waals surface area contributed by atoms with E-state index >= 15 is 0 Å². The topological polar surface area (TPSA) is 12.0 Å². The van der Waals surface area contributed by atoms with Crippen molar-refractivity contribution in [1.82, 2.24) is 5.32 Å². The molecular formula is C10H13Cl2N. The largest absolute Gasteiger partial charge is 0.313 e. The van der Waals surface area contributed by atoms with Crippen molar-refractivity contribution in [3.05, 3.63) is 33.8 Å². The van der Waals surface area contributed by atoms with Gasteiger partial charge in [-0.05, 0) is 25.6 Å². The molecule has 0 aliphatic rings. The van der Waals surface area contributed by atoms with E-state index < -0.39 is 0 Å². The molecule has 0 saturated heterocycles.